The largest absolute Gasteiger partial charge is 0.337 e. The first-order valence-corrected chi connectivity index (χ1v) is 6.69. The van der Waals surface area contributed by atoms with E-state index in [1.165, 1.54) is 5.57 Å². The van der Waals surface area contributed by atoms with E-state index in [9.17, 15) is 0 Å². The maximum Gasteiger partial charge on any atom is 0.109 e. The van der Waals surface area contributed by atoms with Crippen molar-refractivity contribution in [1.29, 1.82) is 0 Å². The van der Waals surface area contributed by atoms with Crippen molar-refractivity contribution < 1.29 is 0 Å². The molecule has 0 aliphatic carbocycles. The van der Waals surface area contributed by atoms with Crippen molar-refractivity contribution in [1.82, 2.24) is 4.90 Å². The summed E-state index contributed by atoms with van der Waals surface area (Å²) < 4.78 is 0. The molecule has 0 radical (unpaired) electrons. The number of halogens is 1. The van der Waals surface area contributed by atoms with Gasteiger partial charge in [0.2, 0.25) is 0 Å². The Morgan fingerprint density at radius 1 is 1.39 bits per heavy atom. The van der Waals surface area contributed by atoms with Crippen molar-refractivity contribution in [3.05, 3.63) is 40.6 Å². The van der Waals surface area contributed by atoms with Crippen LogP contribution in [0.5, 0.6) is 0 Å². The number of likely N-dealkylation sites (tertiary alicyclic amines) is 1. The molecule has 0 saturated carbocycles. The fraction of sp³-hybridized carbons (Fsp3) is 0.400. The van der Waals surface area contributed by atoms with E-state index in [4.69, 9.17) is 16.6 Å². The molecule has 1 aromatic carbocycles. The predicted molar refractivity (Wildman–Crippen MR) is 78.7 cm³/mol. The van der Waals surface area contributed by atoms with Crippen molar-refractivity contribution in [3.63, 3.8) is 0 Å². The van der Waals surface area contributed by atoms with Crippen molar-refractivity contribution in [2.45, 2.75) is 33.6 Å². The van der Waals surface area contributed by atoms with Gasteiger partial charge in [0, 0.05) is 19.2 Å². The summed E-state index contributed by atoms with van der Waals surface area (Å²) in [7, 11) is 0. The van der Waals surface area contributed by atoms with Gasteiger partial charge in [-0.15, -0.1) is 0 Å². The summed E-state index contributed by atoms with van der Waals surface area (Å²) in [6, 6.07) is 6.00. The molecule has 1 fully saturated rings. The predicted octanol–water partition coefficient (Wildman–Crippen LogP) is 4.70. The molecule has 96 valence electrons. The average Bonchev–Trinajstić information content (AvgIpc) is 2.69. The fourth-order valence-electron chi connectivity index (χ4n) is 2.09. The van der Waals surface area contributed by atoms with Gasteiger partial charge in [0.15, 0.2) is 0 Å². The summed E-state index contributed by atoms with van der Waals surface area (Å²) >= 11 is 6.22. The topological polar surface area (TPSA) is 15.6 Å². The lowest BCUT2D eigenvalue weighted by Crippen LogP contribution is -2.18. The number of nitrogens with zero attached hydrogens (tertiary/aromatic N) is 2. The molecule has 0 unspecified atom stereocenters. The molecule has 1 aliphatic heterocycles. The average molecular weight is 263 g/mol. The lowest BCUT2D eigenvalue weighted by Gasteiger charge is -2.14. The Morgan fingerprint density at radius 3 is 2.83 bits per heavy atom. The Hall–Kier alpha value is -1.28. The lowest BCUT2D eigenvalue weighted by molar-refractivity contribution is 0.598. The number of hydrogen-bond acceptors (Lipinski definition) is 1. The van der Waals surface area contributed by atoms with Gasteiger partial charge < -0.3 is 4.90 Å². The fourth-order valence-corrected chi connectivity index (χ4v) is 2.37. The van der Waals surface area contributed by atoms with E-state index < -0.39 is 0 Å². The molecule has 0 atom stereocenters. The molecule has 0 aromatic heterocycles. The Kier molecular flexibility index (Phi) is 4.07. The number of aliphatic imine (C=N–C) groups is 1. The number of rotatable bonds is 2. The molecule has 0 bridgehead atoms. The van der Waals surface area contributed by atoms with E-state index in [1.54, 1.807) is 0 Å². The Labute approximate surface area is 114 Å². The van der Waals surface area contributed by atoms with E-state index in [0.717, 1.165) is 41.5 Å². The van der Waals surface area contributed by atoms with E-state index in [-0.39, 0.29) is 0 Å². The number of benzene rings is 1. The first kappa shape index (κ1) is 13.2. The summed E-state index contributed by atoms with van der Waals surface area (Å²) in [4.78, 5) is 6.93. The van der Waals surface area contributed by atoms with Gasteiger partial charge in [0.1, 0.15) is 5.84 Å². The highest BCUT2D eigenvalue weighted by atomic mass is 35.5. The quantitative estimate of drug-likeness (QED) is 0.754. The summed E-state index contributed by atoms with van der Waals surface area (Å²) in [5, 5.41) is 0.728. The highest BCUT2D eigenvalue weighted by molar-refractivity contribution is 6.33. The van der Waals surface area contributed by atoms with Gasteiger partial charge in [-0.05, 0) is 44.9 Å². The van der Waals surface area contributed by atoms with Crippen molar-refractivity contribution >= 4 is 23.1 Å². The van der Waals surface area contributed by atoms with Gasteiger partial charge in [0.05, 0.1) is 10.7 Å². The number of aryl methyl sites for hydroxylation is 1. The van der Waals surface area contributed by atoms with Crippen LogP contribution in [-0.4, -0.2) is 17.3 Å². The van der Waals surface area contributed by atoms with Crippen LogP contribution in [0.4, 0.5) is 5.69 Å². The number of allylic oxidation sites excluding steroid dienone is 1. The molecule has 1 heterocycles. The zero-order valence-corrected chi connectivity index (χ0v) is 12.0. The first-order valence-electron chi connectivity index (χ1n) is 6.31. The Morgan fingerprint density at radius 2 is 2.17 bits per heavy atom. The Bertz CT molecular complexity index is 499. The summed E-state index contributed by atoms with van der Waals surface area (Å²) in [6.07, 6.45) is 4.34. The van der Waals surface area contributed by atoms with Gasteiger partial charge in [-0.1, -0.05) is 23.2 Å². The lowest BCUT2D eigenvalue weighted by atomic mass is 10.2. The molecule has 0 spiro atoms. The van der Waals surface area contributed by atoms with Crippen molar-refractivity contribution in [2.75, 3.05) is 6.54 Å². The monoisotopic (exact) mass is 262 g/mol. The highest BCUT2D eigenvalue weighted by Gasteiger charge is 2.16. The molecular formula is C15H19ClN2. The second kappa shape index (κ2) is 5.57. The molecule has 0 amide bonds. The Balaban J connectivity index is 2.29. The minimum Gasteiger partial charge on any atom is -0.337 e. The molecule has 2 rings (SSSR count). The highest BCUT2D eigenvalue weighted by Crippen LogP contribution is 2.27. The normalized spacial score (nSPS) is 17.3. The van der Waals surface area contributed by atoms with Crippen molar-refractivity contribution in [3.8, 4) is 0 Å². The maximum absolute atomic E-state index is 6.22. The van der Waals surface area contributed by atoms with E-state index in [0.29, 0.717) is 0 Å². The minimum absolute atomic E-state index is 0.728. The van der Waals surface area contributed by atoms with E-state index in [2.05, 4.69) is 24.9 Å². The summed E-state index contributed by atoms with van der Waals surface area (Å²) in [5.41, 5.74) is 3.32. The van der Waals surface area contributed by atoms with Crippen LogP contribution in [0.1, 0.15) is 32.3 Å². The second-order valence-corrected chi connectivity index (χ2v) is 5.39. The van der Waals surface area contributed by atoms with Gasteiger partial charge >= 0.3 is 0 Å². The van der Waals surface area contributed by atoms with Crippen LogP contribution >= 0.6 is 11.6 Å². The molecule has 18 heavy (non-hydrogen) atoms. The summed E-state index contributed by atoms with van der Waals surface area (Å²) in [6.45, 7) is 7.30. The van der Waals surface area contributed by atoms with Crippen LogP contribution in [0.2, 0.25) is 5.02 Å². The minimum atomic E-state index is 0.728. The molecule has 1 aromatic rings. The third-order valence-corrected chi connectivity index (χ3v) is 3.20. The van der Waals surface area contributed by atoms with Crippen LogP contribution in [0.25, 0.3) is 0 Å². The van der Waals surface area contributed by atoms with Crippen LogP contribution < -0.4 is 0 Å². The zero-order chi connectivity index (χ0) is 13.1. The van der Waals surface area contributed by atoms with Gasteiger partial charge in [-0.3, -0.25) is 0 Å². The van der Waals surface area contributed by atoms with E-state index >= 15 is 0 Å². The smallest absolute Gasteiger partial charge is 0.109 e. The molecule has 0 N–H and O–H groups in total. The zero-order valence-electron chi connectivity index (χ0n) is 11.2. The van der Waals surface area contributed by atoms with E-state index in [1.807, 2.05) is 25.1 Å². The summed E-state index contributed by atoms with van der Waals surface area (Å²) in [5.74, 6) is 1.11. The molecule has 2 nitrogen and oxygen atoms in total. The van der Waals surface area contributed by atoms with Gasteiger partial charge in [-0.2, -0.15) is 0 Å². The standard InChI is InChI=1S/C15H19ClN2/c1-11(2)10-18-8-4-5-15(18)17-14-7-6-12(3)9-13(14)16/h6-7,9-10H,4-5,8H2,1-3H3. The number of amidine groups is 1. The second-order valence-electron chi connectivity index (χ2n) is 4.99. The first-order chi connectivity index (χ1) is 8.56. The van der Waals surface area contributed by atoms with Crippen LogP contribution in [0, 0.1) is 6.92 Å². The third kappa shape index (κ3) is 3.14. The number of hydrogen-bond donors (Lipinski definition) is 0. The van der Waals surface area contributed by atoms with Crippen LogP contribution in [0.3, 0.4) is 0 Å². The third-order valence-electron chi connectivity index (χ3n) is 2.90. The van der Waals surface area contributed by atoms with Crippen molar-refractivity contribution in [2.24, 2.45) is 4.99 Å². The van der Waals surface area contributed by atoms with Crippen LogP contribution in [0.15, 0.2) is 35.0 Å². The molecule has 3 heteroatoms. The molecule has 1 saturated heterocycles. The van der Waals surface area contributed by atoms with Gasteiger partial charge in [0.25, 0.3) is 0 Å². The molecular weight excluding hydrogens is 244 g/mol. The SMILES string of the molecule is CC(C)=CN1CCCC1=Nc1ccc(C)cc1Cl. The molecule has 1 aliphatic rings. The maximum atomic E-state index is 6.22. The van der Waals surface area contributed by atoms with Crippen LogP contribution in [-0.2, 0) is 0 Å². The van der Waals surface area contributed by atoms with Gasteiger partial charge in [-0.25, -0.2) is 4.99 Å².